The Hall–Kier alpha value is -1.08. The fourth-order valence-corrected chi connectivity index (χ4v) is 0.651. The molecule has 0 saturated heterocycles. The van der Waals surface area contributed by atoms with Gasteiger partial charge in [0.2, 0.25) is 0 Å². The summed E-state index contributed by atoms with van der Waals surface area (Å²) in [6, 6.07) is 1.91. The molecule has 0 bridgehead atoms. The first-order valence-electron chi connectivity index (χ1n) is 3.29. The number of hydrogen-bond acceptors (Lipinski definition) is 4. The molecular weight excluding hydrogens is 144 g/mol. The lowest BCUT2D eigenvalue weighted by Gasteiger charge is -2.19. The molecule has 0 aliphatic rings. The number of carbonyl (C=O) groups excluding carboxylic acids is 1. The van der Waals surface area contributed by atoms with Gasteiger partial charge in [-0.25, -0.2) is 0 Å². The normalized spacial score (nSPS) is 14.7. The van der Waals surface area contributed by atoms with Crippen LogP contribution in [-0.4, -0.2) is 18.6 Å². The van der Waals surface area contributed by atoms with Crippen LogP contribution in [0.1, 0.15) is 19.8 Å². The van der Waals surface area contributed by atoms with Crippen LogP contribution >= 0.6 is 0 Å². The van der Waals surface area contributed by atoms with Crippen LogP contribution in [0, 0.1) is 11.3 Å². The van der Waals surface area contributed by atoms with Gasteiger partial charge in [0, 0.05) is 6.42 Å². The maximum Gasteiger partial charge on any atom is 0.325 e. The lowest BCUT2D eigenvalue weighted by atomic mass is 9.98. The molecule has 0 aliphatic carbocycles. The Bertz CT molecular complexity index is 181. The molecule has 0 aromatic carbocycles. The molecule has 0 aromatic rings. The van der Waals surface area contributed by atoms with Crippen LogP contribution in [0.5, 0.6) is 0 Å². The number of esters is 1. The second-order valence-corrected chi connectivity index (χ2v) is 2.57. The van der Waals surface area contributed by atoms with Gasteiger partial charge in [0.15, 0.2) is 0 Å². The smallest absolute Gasteiger partial charge is 0.325 e. The largest absolute Gasteiger partial charge is 0.468 e. The highest BCUT2D eigenvalue weighted by atomic mass is 16.5. The summed E-state index contributed by atoms with van der Waals surface area (Å²) >= 11 is 0. The maximum atomic E-state index is 10.9. The molecule has 11 heavy (non-hydrogen) atoms. The van der Waals surface area contributed by atoms with Crippen molar-refractivity contribution in [1.82, 2.24) is 0 Å². The van der Waals surface area contributed by atoms with Crippen molar-refractivity contribution in [1.29, 1.82) is 5.26 Å². The summed E-state index contributed by atoms with van der Waals surface area (Å²) in [6.07, 6.45) is 0.596. The summed E-state index contributed by atoms with van der Waals surface area (Å²) < 4.78 is 4.44. The van der Waals surface area contributed by atoms with Gasteiger partial charge in [0.1, 0.15) is 5.54 Å². The van der Waals surface area contributed by atoms with Gasteiger partial charge < -0.3 is 10.5 Å². The average Bonchev–Trinajstić information content (AvgIpc) is 1.99. The Morgan fingerprint density at radius 3 is 2.73 bits per heavy atom. The number of methoxy groups -OCH3 is 1. The Morgan fingerprint density at radius 2 is 2.36 bits per heavy atom. The van der Waals surface area contributed by atoms with Crippen molar-refractivity contribution in [3.8, 4) is 6.07 Å². The number of hydrogen-bond donors (Lipinski definition) is 1. The summed E-state index contributed by atoms with van der Waals surface area (Å²) in [5.74, 6) is -0.479. The van der Waals surface area contributed by atoms with Crippen molar-refractivity contribution in [3.63, 3.8) is 0 Å². The Morgan fingerprint density at radius 1 is 1.82 bits per heavy atom. The Kier molecular flexibility index (Phi) is 3.55. The molecule has 0 rings (SSSR count). The first-order chi connectivity index (χ1) is 5.04. The Balaban J connectivity index is 4.01. The van der Waals surface area contributed by atoms with Gasteiger partial charge in [-0.2, -0.15) is 5.26 Å². The molecule has 1 atom stereocenters. The summed E-state index contributed by atoms with van der Waals surface area (Å²) in [5.41, 5.74) is 4.51. The van der Waals surface area contributed by atoms with E-state index in [1.165, 1.54) is 7.11 Å². The first kappa shape index (κ1) is 9.92. The van der Waals surface area contributed by atoms with Gasteiger partial charge in [0.25, 0.3) is 0 Å². The SMILES string of the molecule is COC(=O)C(C)(N)CCC#N. The van der Waals surface area contributed by atoms with Crippen LogP contribution < -0.4 is 5.73 Å². The van der Waals surface area contributed by atoms with Crippen molar-refractivity contribution in [2.75, 3.05) is 7.11 Å². The first-order valence-corrected chi connectivity index (χ1v) is 3.29. The summed E-state index contributed by atoms with van der Waals surface area (Å²) in [4.78, 5) is 10.9. The molecule has 0 radical (unpaired) electrons. The summed E-state index contributed by atoms with van der Waals surface area (Å²) in [6.45, 7) is 1.55. The molecule has 62 valence electrons. The van der Waals surface area contributed by atoms with Gasteiger partial charge in [-0.1, -0.05) is 0 Å². The zero-order valence-electron chi connectivity index (χ0n) is 6.76. The van der Waals surface area contributed by atoms with Crippen LogP contribution in [0.3, 0.4) is 0 Å². The number of carbonyl (C=O) groups is 1. The van der Waals surface area contributed by atoms with Gasteiger partial charge in [-0.05, 0) is 13.3 Å². The second-order valence-electron chi connectivity index (χ2n) is 2.57. The highest BCUT2D eigenvalue weighted by Gasteiger charge is 2.28. The van der Waals surface area contributed by atoms with Crippen LogP contribution in [-0.2, 0) is 9.53 Å². The third-order valence-corrected chi connectivity index (χ3v) is 1.41. The predicted molar refractivity (Wildman–Crippen MR) is 39.5 cm³/mol. The minimum atomic E-state index is -1.02. The molecule has 1 unspecified atom stereocenters. The number of nitriles is 1. The Labute approximate surface area is 65.9 Å². The lowest BCUT2D eigenvalue weighted by Crippen LogP contribution is -2.45. The maximum absolute atomic E-state index is 10.9. The van der Waals surface area contributed by atoms with Gasteiger partial charge >= 0.3 is 5.97 Å². The number of nitrogens with zero attached hydrogens (tertiary/aromatic N) is 1. The van der Waals surface area contributed by atoms with E-state index in [1.807, 2.05) is 6.07 Å². The highest BCUT2D eigenvalue weighted by molar-refractivity contribution is 5.79. The van der Waals surface area contributed by atoms with E-state index in [1.54, 1.807) is 6.92 Å². The molecule has 0 saturated carbocycles. The van der Waals surface area contributed by atoms with E-state index in [0.29, 0.717) is 6.42 Å². The van der Waals surface area contributed by atoms with Crippen molar-refractivity contribution in [3.05, 3.63) is 0 Å². The fraction of sp³-hybridized carbons (Fsp3) is 0.714. The van der Waals surface area contributed by atoms with E-state index in [4.69, 9.17) is 11.0 Å². The van der Waals surface area contributed by atoms with Crippen molar-refractivity contribution in [2.45, 2.75) is 25.3 Å². The van der Waals surface area contributed by atoms with Crippen molar-refractivity contribution >= 4 is 5.97 Å². The molecule has 0 amide bonds. The van der Waals surface area contributed by atoms with Crippen molar-refractivity contribution in [2.24, 2.45) is 5.73 Å². The van der Waals surface area contributed by atoms with Crippen LogP contribution in [0.25, 0.3) is 0 Å². The molecule has 0 aromatic heterocycles. The average molecular weight is 156 g/mol. The van der Waals surface area contributed by atoms with Crippen LogP contribution in [0.2, 0.25) is 0 Å². The second kappa shape index (κ2) is 3.94. The van der Waals surface area contributed by atoms with E-state index in [0.717, 1.165) is 0 Å². The highest BCUT2D eigenvalue weighted by Crippen LogP contribution is 2.09. The van der Waals surface area contributed by atoms with E-state index >= 15 is 0 Å². The number of rotatable bonds is 3. The lowest BCUT2D eigenvalue weighted by molar-refractivity contribution is -0.146. The zero-order chi connectivity index (χ0) is 8.91. The number of nitrogens with two attached hydrogens (primary N) is 1. The summed E-state index contributed by atoms with van der Waals surface area (Å²) in [7, 11) is 1.28. The molecule has 4 heteroatoms. The predicted octanol–water partition coefficient (Wildman–Crippen LogP) is 0.181. The zero-order valence-corrected chi connectivity index (χ0v) is 6.76. The summed E-state index contributed by atoms with van der Waals surface area (Å²) in [5, 5.41) is 8.23. The topological polar surface area (TPSA) is 76.1 Å². The standard InChI is InChI=1S/C7H12N2O2/c1-7(9,4-3-5-8)6(10)11-2/h3-4,9H2,1-2H3. The minimum absolute atomic E-state index is 0.266. The molecule has 0 aliphatic heterocycles. The van der Waals surface area contributed by atoms with E-state index in [2.05, 4.69) is 4.74 Å². The molecular formula is C7H12N2O2. The molecule has 4 nitrogen and oxygen atoms in total. The van der Waals surface area contributed by atoms with Gasteiger partial charge in [-0.3, -0.25) is 4.79 Å². The van der Waals surface area contributed by atoms with Crippen LogP contribution in [0.15, 0.2) is 0 Å². The minimum Gasteiger partial charge on any atom is -0.468 e. The van der Waals surface area contributed by atoms with E-state index in [-0.39, 0.29) is 6.42 Å². The van der Waals surface area contributed by atoms with Crippen molar-refractivity contribution < 1.29 is 9.53 Å². The molecule has 0 spiro atoms. The van der Waals surface area contributed by atoms with Gasteiger partial charge in [0.05, 0.1) is 13.2 Å². The third-order valence-electron chi connectivity index (χ3n) is 1.41. The third kappa shape index (κ3) is 3.01. The monoisotopic (exact) mass is 156 g/mol. The van der Waals surface area contributed by atoms with Crippen LogP contribution in [0.4, 0.5) is 0 Å². The van der Waals surface area contributed by atoms with E-state index < -0.39 is 11.5 Å². The molecule has 0 heterocycles. The molecule has 2 N–H and O–H groups in total. The molecule has 0 fully saturated rings. The van der Waals surface area contributed by atoms with Gasteiger partial charge in [-0.15, -0.1) is 0 Å². The fourth-order valence-electron chi connectivity index (χ4n) is 0.651. The quantitative estimate of drug-likeness (QED) is 0.591. The number of ether oxygens (including phenoxy) is 1. The van der Waals surface area contributed by atoms with E-state index in [9.17, 15) is 4.79 Å².